The highest BCUT2D eigenvalue weighted by Crippen LogP contribution is 2.11. The Kier molecular flexibility index (Phi) is 6.45. The van der Waals surface area contributed by atoms with Gasteiger partial charge in [-0.05, 0) is 37.1 Å². The molecule has 1 rings (SSSR count). The van der Waals surface area contributed by atoms with Crippen LogP contribution < -0.4 is 15.8 Å². The van der Waals surface area contributed by atoms with Crippen molar-refractivity contribution < 1.29 is 18.0 Å². The smallest absolute Gasteiger partial charge is 0.248 e. The van der Waals surface area contributed by atoms with Crippen LogP contribution in [-0.4, -0.2) is 32.3 Å². The van der Waals surface area contributed by atoms with Gasteiger partial charge >= 0.3 is 0 Å². The van der Waals surface area contributed by atoms with Crippen LogP contribution in [0.15, 0.2) is 29.2 Å². The van der Waals surface area contributed by atoms with E-state index in [1.54, 1.807) is 13.8 Å². The second-order valence-corrected chi connectivity index (χ2v) is 7.30. The van der Waals surface area contributed by atoms with Crippen molar-refractivity contribution in [1.29, 1.82) is 5.26 Å². The predicted molar refractivity (Wildman–Crippen MR) is 87.1 cm³/mol. The van der Waals surface area contributed by atoms with Crippen LogP contribution in [0.2, 0.25) is 0 Å². The van der Waals surface area contributed by atoms with E-state index in [2.05, 4.69) is 10.0 Å². The van der Waals surface area contributed by atoms with Crippen molar-refractivity contribution in [2.45, 2.75) is 37.8 Å². The summed E-state index contributed by atoms with van der Waals surface area (Å²) in [5, 5.41) is 11.4. The largest absolute Gasteiger partial charge is 0.366 e. The summed E-state index contributed by atoms with van der Waals surface area (Å²) in [7, 11) is -3.96. The number of hydrogen-bond acceptors (Lipinski definition) is 5. The Hall–Kier alpha value is -2.44. The van der Waals surface area contributed by atoms with Gasteiger partial charge in [-0.3, -0.25) is 9.59 Å². The Morgan fingerprint density at radius 3 is 2.12 bits per heavy atom. The second-order valence-electron chi connectivity index (χ2n) is 5.59. The van der Waals surface area contributed by atoms with E-state index in [9.17, 15) is 18.0 Å². The molecule has 130 valence electrons. The van der Waals surface area contributed by atoms with Crippen molar-refractivity contribution in [2.24, 2.45) is 11.7 Å². The number of primary amides is 1. The van der Waals surface area contributed by atoms with Crippen molar-refractivity contribution in [3.05, 3.63) is 29.8 Å². The minimum atomic E-state index is -3.96. The van der Waals surface area contributed by atoms with Crippen molar-refractivity contribution in [3.63, 3.8) is 0 Å². The van der Waals surface area contributed by atoms with Gasteiger partial charge in [0, 0.05) is 5.56 Å². The molecule has 0 radical (unpaired) electrons. The Balaban J connectivity index is 2.84. The zero-order valence-corrected chi connectivity index (χ0v) is 14.4. The molecule has 0 heterocycles. The van der Waals surface area contributed by atoms with Crippen LogP contribution in [0.3, 0.4) is 0 Å². The first-order valence-corrected chi connectivity index (χ1v) is 8.69. The van der Waals surface area contributed by atoms with E-state index in [0.717, 1.165) is 0 Å². The van der Waals surface area contributed by atoms with E-state index in [0.29, 0.717) is 0 Å². The van der Waals surface area contributed by atoms with E-state index in [1.165, 1.54) is 31.2 Å². The third kappa shape index (κ3) is 5.04. The number of hydrogen-bond donors (Lipinski definition) is 3. The lowest BCUT2D eigenvalue weighted by atomic mass is 10.1. The number of nitriles is 1. The monoisotopic (exact) mass is 352 g/mol. The highest BCUT2D eigenvalue weighted by molar-refractivity contribution is 7.89. The van der Waals surface area contributed by atoms with E-state index < -0.39 is 33.9 Å². The highest BCUT2D eigenvalue weighted by Gasteiger charge is 2.24. The summed E-state index contributed by atoms with van der Waals surface area (Å²) >= 11 is 0. The van der Waals surface area contributed by atoms with Crippen molar-refractivity contribution in [3.8, 4) is 6.07 Å². The summed E-state index contributed by atoms with van der Waals surface area (Å²) in [5.41, 5.74) is 5.27. The normalized spacial score (nSPS) is 13.8. The Labute approximate surface area is 141 Å². The summed E-state index contributed by atoms with van der Waals surface area (Å²) in [6, 6.07) is 5.18. The summed E-state index contributed by atoms with van der Waals surface area (Å²) in [6.45, 7) is 4.91. The number of nitrogens with one attached hydrogen (secondary N) is 2. The summed E-state index contributed by atoms with van der Waals surface area (Å²) in [5.74, 6) is -1.38. The van der Waals surface area contributed by atoms with Crippen molar-refractivity contribution in [1.82, 2.24) is 10.0 Å². The molecule has 9 heteroatoms. The maximum Gasteiger partial charge on any atom is 0.248 e. The molecule has 0 spiro atoms. The third-order valence-electron chi connectivity index (χ3n) is 3.28. The first-order chi connectivity index (χ1) is 11.1. The van der Waals surface area contributed by atoms with Gasteiger partial charge in [0.25, 0.3) is 0 Å². The van der Waals surface area contributed by atoms with Gasteiger partial charge < -0.3 is 11.1 Å². The summed E-state index contributed by atoms with van der Waals surface area (Å²) < 4.78 is 26.7. The lowest BCUT2D eigenvalue weighted by molar-refractivity contribution is -0.122. The number of nitrogens with zero attached hydrogens (tertiary/aromatic N) is 1. The molecule has 0 aliphatic carbocycles. The SMILES string of the molecule is CC(C)[C@@H](C#N)NC(=O)[C@@H](C)NS(=O)(=O)c1ccc(C(N)=O)cc1. The molecule has 0 saturated heterocycles. The van der Waals surface area contributed by atoms with Crippen LogP contribution in [0.5, 0.6) is 0 Å². The van der Waals surface area contributed by atoms with Crippen LogP contribution in [0.25, 0.3) is 0 Å². The van der Waals surface area contributed by atoms with Crippen LogP contribution in [-0.2, 0) is 14.8 Å². The zero-order chi connectivity index (χ0) is 18.5. The van der Waals surface area contributed by atoms with Crippen LogP contribution in [0, 0.1) is 17.2 Å². The van der Waals surface area contributed by atoms with Crippen LogP contribution in [0.4, 0.5) is 0 Å². The lowest BCUT2D eigenvalue weighted by Crippen LogP contribution is -2.48. The number of benzene rings is 1. The molecule has 8 nitrogen and oxygen atoms in total. The topological polar surface area (TPSA) is 142 Å². The molecule has 4 N–H and O–H groups in total. The maximum atomic E-state index is 12.2. The fourth-order valence-electron chi connectivity index (χ4n) is 1.78. The Morgan fingerprint density at radius 1 is 1.17 bits per heavy atom. The molecule has 1 aromatic rings. The van der Waals surface area contributed by atoms with E-state index in [4.69, 9.17) is 11.0 Å². The second kappa shape index (κ2) is 7.90. The molecule has 0 unspecified atom stereocenters. The average Bonchev–Trinajstić information content (AvgIpc) is 2.51. The number of carbonyl (C=O) groups is 2. The molecule has 0 aliphatic rings. The molecule has 2 amide bonds. The number of amides is 2. The van der Waals surface area contributed by atoms with Gasteiger partial charge in [-0.2, -0.15) is 9.98 Å². The molecular weight excluding hydrogens is 332 g/mol. The molecule has 24 heavy (non-hydrogen) atoms. The zero-order valence-electron chi connectivity index (χ0n) is 13.6. The van der Waals surface area contributed by atoms with Gasteiger partial charge in [0.05, 0.1) is 17.0 Å². The number of sulfonamides is 1. The van der Waals surface area contributed by atoms with Gasteiger partial charge in [-0.25, -0.2) is 8.42 Å². The van der Waals surface area contributed by atoms with E-state index >= 15 is 0 Å². The Bertz CT molecular complexity index is 751. The fraction of sp³-hybridized carbons (Fsp3) is 0.400. The molecule has 0 bridgehead atoms. The van der Waals surface area contributed by atoms with Crippen LogP contribution in [0.1, 0.15) is 31.1 Å². The van der Waals surface area contributed by atoms with Crippen molar-refractivity contribution in [2.75, 3.05) is 0 Å². The number of rotatable bonds is 7. The molecule has 0 fully saturated rings. The lowest BCUT2D eigenvalue weighted by Gasteiger charge is -2.19. The molecular formula is C15H20N4O4S. The van der Waals surface area contributed by atoms with Gasteiger partial charge in [0.1, 0.15) is 6.04 Å². The minimum Gasteiger partial charge on any atom is -0.366 e. The highest BCUT2D eigenvalue weighted by atomic mass is 32.2. The van der Waals surface area contributed by atoms with Crippen molar-refractivity contribution >= 4 is 21.8 Å². The molecule has 0 aliphatic heterocycles. The van der Waals surface area contributed by atoms with Gasteiger partial charge in [0.2, 0.25) is 21.8 Å². The molecule has 2 atom stereocenters. The standard InChI is InChI=1S/C15H20N4O4S/c1-9(2)13(8-16)18-15(21)10(3)19-24(22,23)12-6-4-11(5-7-12)14(17)20/h4-7,9-10,13,19H,1-3H3,(H2,17,20)(H,18,21)/t10-,13-/m1/s1. The van der Waals surface area contributed by atoms with Crippen LogP contribution >= 0.6 is 0 Å². The maximum absolute atomic E-state index is 12.2. The first-order valence-electron chi connectivity index (χ1n) is 7.20. The fourth-order valence-corrected chi connectivity index (χ4v) is 2.98. The van der Waals surface area contributed by atoms with E-state index in [1.807, 2.05) is 6.07 Å². The number of nitrogens with two attached hydrogens (primary N) is 1. The van der Waals surface area contributed by atoms with Gasteiger partial charge in [-0.1, -0.05) is 13.8 Å². The summed E-state index contributed by atoms with van der Waals surface area (Å²) in [4.78, 5) is 22.9. The van der Waals surface area contributed by atoms with Gasteiger partial charge in [-0.15, -0.1) is 0 Å². The summed E-state index contributed by atoms with van der Waals surface area (Å²) in [6.07, 6.45) is 0. The Morgan fingerprint density at radius 2 is 1.71 bits per heavy atom. The molecule has 0 saturated carbocycles. The van der Waals surface area contributed by atoms with Gasteiger partial charge in [0.15, 0.2) is 0 Å². The quantitative estimate of drug-likeness (QED) is 0.638. The predicted octanol–water partition coefficient (Wildman–Crippen LogP) is 0.117. The molecule has 1 aromatic carbocycles. The average molecular weight is 352 g/mol. The third-order valence-corrected chi connectivity index (χ3v) is 4.83. The van der Waals surface area contributed by atoms with E-state index in [-0.39, 0.29) is 16.4 Å². The number of carbonyl (C=O) groups excluding carboxylic acids is 2. The molecule has 0 aromatic heterocycles. The first kappa shape index (κ1) is 19.6. The minimum absolute atomic E-state index is 0.104.